The minimum atomic E-state index is -0.450. The molecule has 4 rings (SSSR count). The van der Waals surface area contributed by atoms with Crippen LogP contribution in [0.4, 0.5) is 0 Å². The van der Waals surface area contributed by atoms with E-state index < -0.39 is 5.54 Å². The lowest BCUT2D eigenvalue weighted by Gasteiger charge is -2.20. The molecule has 0 aliphatic rings. The summed E-state index contributed by atoms with van der Waals surface area (Å²) in [4.78, 5) is 15.2. The molecule has 2 heterocycles. The van der Waals surface area contributed by atoms with Gasteiger partial charge in [-0.3, -0.25) is 4.79 Å². The van der Waals surface area contributed by atoms with Gasteiger partial charge >= 0.3 is 0 Å². The van der Waals surface area contributed by atoms with E-state index in [1.807, 2.05) is 49.6 Å². The molecule has 0 saturated carbocycles. The molecule has 0 amide bonds. The van der Waals surface area contributed by atoms with Crippen molar-refractivity contribution in [3.8, 4) is 16.9 Å². The normalized spacial score (nSPS) is 11.7. The van der Waals surface area contributed by atoms with E-state index in [1.54, 1.807) is 0 Å². The molecular weight excluding hydrogens is 403 g/mol. The van der Waals surface area contributed by atoms with Gasteiger partial charge in [-0.05, 0) is 36.4 Å². The van der Waals surface area contributed by atoms with Gasteiger partial charge in [-0.2, -0.15) is 0 Å². The van der Waals surface area contributed by atoms with Crippen LogP contribution in [-0.2, 0) is 5.54 Å². The first-order valence-electron chi connectivity index (χ1n) is 8.12. The van der Waals surface area contributed by atoms with Gasteiger partial charge in [-0.25, -0.2) is 0 Å². The van der Waals surface area contributed by atoms with Crippen LogP contribution in [0.2, 0.25) is 5.02 Å². The number of pyridine rings is 1. The highest BCUT2D eigenvalue weighted by Crippen LogP contribution is 2.42. The number of rotatable bonds is 2. The van der Waals surface area contributed by atoms with Gasteiger partial charge in [0.25, 0.3) is 5.56 Å². The summed E-state index contributed by atoms with van der Waals surface area (Å²) < 4.78 is 0.611. The van der Waals surface area contributed by atoms with Crippen molar-refractivity contribution in [3.63, 3.8) is 0 Å². The number of benzene rings is 2. The Morgan fingerprint density at radius 3 is 2.48 bits per heavy atom. The zero-order valence-electron chi connectivity index (χ0n) is 14.7. The van der Waals surface area contributed by atoms with Gasteiger partial charge in [0, 0.05) is 27.9 Å². The summed E-state index contributed by atoms with van der Waals surface area (Å²) in [5.41, 5.74) is 8.52. The summed E-state index contributed by atoms with van der Waals surface area (Å²) in [6.07, 6.45) is 0. The zero-order chi connectivity index (χ0) is 18.6. The molecule has 0 unspecified atom stereocenters. The fourth-order valence-corrected chi connectivity index (χ4v) is 4.28. The second-order valence-electron chi connectivity index (χ2n) is 6.92. The molecule has 0 spiro atoms. The van der Waals surface area contributed by atoms with Gasteiger partial charge in [0.1, 0.15) is 10.4 Å². The number of phenols is 1. The number of H-pyrrole nitrogens is 1. The highest BCUT2D eigenvalue weighted by atomic mass is 35.5. The van der Waals surface area contributed by atoms with Crippen LogP contribution in [0.5, 0.6) is 5.75 Å². The molecule has 0 saturated heterocycles. The Labute approximate surface area is 171 Å². The van der Waals surface area contributed by atoms with E-state index in [2.05, 4.69) is 4.98 Å². The Morgan fingerprint density at radius 2 is 1.85 bits per heavy atom. The van der Waals surface area contributed by atoms with E-state index in [4.69, 9.17) is 17.3 Å². The first kappa shape index (κ1) is 19.7. The Kier molecular flexibility index (Phi) is 4.99. The number of aromatic nitrogens is 1. The number of halogens is 2. The molecule has 4 nitrogen and oxygen atoms in total. The largest absolute Gasteiger partial charge is 0.507 e. The average Bonchev–Trinajstić information content (AvgIpc) is 3.06. The standard InChI is InChI=1S/C20H17ClN2O2S.ClH/c1-20(2,22)11-5-3-10(4-6-11)15-14(24)9-13(21)17-16(15)12-7-8-26-18(12)19(25)23-17;/h3-9,24H,22H2,1-2H3,(H,23,25);1H. The van der Waals surface area contributed by atoms with E-state index in [0.29, 0.717) is 20.8 Å². The van der Waals surface area contributed by atoms with Crippen LogP contribution in [0.3, 0.4) is 0 Å². The first-order valence-corrected chi connectivity index (χ1v) is 9.37. The molecule has 7 heteroatoms. The smallest absolute Gasteiger partial charge is 0.266 e. The molecule has 0 bridgehead atoms. The second kappa shape index (κ2) is 6.84. The third-order valence-electron chi connectivity index (χ3n) is 4.56. The Bertz CT molecular complexity index is 1210. The molecule has 140 valence electrons. The summed E-state index contributed by atoms with van der Waals surface area (Å²) in [5.74, 6) is 0.0711. The van der Waals surface area contributed by atoms with Gasteiger partial charge in [-0.15, -0.1) is 23.7 Å². The minimum absolute atomic E-state index is 0. The molecule has 0 radical (unpaired) electrons. The lowest BCUT2D eigenvalue weighted by Crippen LogP contribution is -2.28. The van der Waals surface area contributed by atoms with E-state index in [1.165, 1.54) is 17.4 Å². The zero-order valence-corrected chi connectivity index (χ0v) is 17.1. The Balaban J connectivity index is 0.00000210. The van der Waals surface area contributed by atoms with Gasteiger partial charge in [0.15, 0.2) is 0 Å². The van der Waals surface area contributed by atoms with Crippen molar-refractivity contribution >= 4 is 56.3 Å². The van der Waals surface area contributed by atoms with E-state index >= 15 is 0 Å². The summed E-state index contributed by atoms with van der Waals surface area (Å²) >= 11 is 7.67. The third kappa shape index (κ3) is 3.21. The lowest BCUT2D eigenvalue weighted by molar-refractivity contribution is 0.478. The van der Waals surface area contributed by atoms with E-state index in [0.717, 1.165) is 21.9 Å². The number of aromatic amines is 1. The van der Waals surface area contributed by atoms with Crippen molar-refractivity contribution in [2.75, 3.05) is 0 Å². The SMILES string of the molecule is CC(C)(N)c1ccc(-c2c(O)cc(Cl)c3[nH]c(=O)c4sccc4c23)cc1.Cl. The number of fused-ring (bicyclic) bond motifs is 3. The molecule has 0 aliphatic heterocycles. The predicted molar refractivity (Wildman–Crippen MR) is 117 cm³/mol. The predicted octanol–water partition coefficient (Wildman–Crippen LogP) is 5.38. The maximum atomic E-state index is 12.3. The van der Waals surface area contributed by atoms with E-state index in [9.17, 15) is 9.90 Å². The lowest BCUT2D eigenvalue weighted by atomic mass is 9.92. The third-order valence-corrected chi connectivity index (χ3v) is 5.77. The summed E-state index contributed by atoms with van der Waals surface area (Å²) in [6, 6.07) is 11.1. The molecular formula is C20H18Cl2N2O2S. The van der Waals surface area contributed by atoms with Crippen LogP contribution in [-0.4, -0.2) is 10.1 Å². The van der Waals surface area contributed by atoms with E-state index in [-0.39, 0.29) is 23.7 Å². The number of hydrogen-bond donors (Lipinski definition) is 3. The van der Waals surface area contributed by atoms with Crippen LogP contribution < -0.4 is 11.3 Å². The molecule has 4 aromatic rings. The summed E-state index contributed by atoms with van der Waals surface area (Å²) in [7, 11) is 0. The summed E-state index contributed by atoms with van der Waals surface area (Å²) in [6.45, 7) is 3.88. The topological polar surface area (TPSA) is 79.1 Å². The van der Waals surface area contributed by atoms with Crippen molar-refractivity contribution in [1.82, 2.24) is 4.98 Å². The first-order chi connectivity index (χ1) is 12.3. The molecule has 2 aromatic carbocycles. The number of nitrogens with two attached hydrogens (primary N) is 1. The number of nitrogens with one attached hydrogen (secondary N) is 1. The van der Waals surface area contributed by atoms with Crippen LogP contribution in [0.15, 0.2) is 46.6 Å². The number of thiophene rings is 1. The van der Waals surface area contributed by atoms with Crippen LogP contribution >= 0.6 is 35.3 Å². The molecule has 0 fully saturated rings. The number of phenolic OH excluding ortho intramolecular Hbond substituents is 1. The fraction of sp³-hybridized carbons (Fsp3) is 0.150. The minimum Gasteiger partial charge on any atom is -0.507 e. The highest BCUT2D eigenvalue weighted by molar-refractivity contribution is 7.17. The van der Waals surface area contributed by atoms with Gasteiger partial charge in [0.05, 0.1) is 10.5 Å². The number of hydrogen-bond acceptors (Lipinski definition) is 4. The highest BCUT2D eigenvalue weighted by Gasteiger charge is 2.19. The molecule has 0 atom stereocenters. The van der Waals surface area contributed by atoms with Gasteiger partial charge in [-0.1, -0.05) is 35.9 Å². The van der Waals surface area contributed by atoms with Crippen molar-refractivity contribution in [1.29, 1.82) is 0 Å². The maximum Gasteiger partial charge on any atom is 0.266 e. The van der Waals surface area contributed by atoms with Gasteiger partial charge < -0.3 is 15.8 Å². The second-order valence-corrected chi connectivity index (χ2v) is 8.24. The quantitative estimate of drug-likeness (QED) is 0.406. The molecule has 4 N–H and O–H groups in total. The van der Waals surface area contributed by atoms with Crippen molar-refractivity contribution in [2.24, 2.45) is 5.73 Å². The van der Waals surface area contributed by atoms with Crippen LogP contribution in [0, 0.1) is 0 Å². The van der Waals surface area contributed by atoms with Gasteiger partial charge in [0.2, 0.25) is 0 Å². The van der Waals surface area contributed by atoms with Crippen LogP contribution in [0.1, 0.15) is 19.4 Å². The summed E-state index contributed by atoms with van der Waals surface area (Å²) in [5, 5.41) is 14.3. The van der Waals surface area contributed by atoms with Crippen molar-refractivity contribution in [3.05, 3.63) is 62.7 Å². The fourth-order valence-electron chi connectivity index (χ4n) is 3.24. The Morgan fingerprint density at radius 1 is 1.19 bits per heavy atom. The Hall–Kier alpha value is -2.05. The van der Waals surface area contributed by atoms with Crippen molar-refractivity contribution < 1.29 is 5.11 Å². The maximum absolute atomic E-state index is 12.3. The van der Waals surface area contributed by atoms with Crippen LogP contribution in [0.25, 0.3) is 32.1 Å². The molecule has 0 aliphatic carbocycles. The molecule has 2 aromatic heterocycles. The number of aromatic hydroxyl groups is 1. The molecule has 27 heavy (non-hydrogen) atoms. The monoisotopic (exact) mass is 420 g/mol. The average molecular weight is 421 g/mol. The van der Waals surface area contributed by atoms with Crippen molar-refractivity contribution in [2.45, 2.75) is 19.4 Å².